The molecule has 0 radical (unpaired) electrons. The number of halogens is 1. The molecular formula is C24H34IN5O. The van der Waals surface area contributed by atoms with Gasteiger partial charge in [0.2, 0.25) is 5.91 Å². The number of hydrogen-bond donors (Lipinski definition) is 3. The van der Waals surface area contributed by atoms with Crippen molar-refractivity contribution in [2.24, 2.45) is 4.99 Å². The summed E-state index contributed by atoms with van der Waals surface area (Å²) in [7, 11) is 3.92. The van der Waals surface area contributed by atoms with E-state index in [2.05, 4.69) is 77.1 Å². The predicted molar refractivity (Wildman–Crippen MR) is 139 cm³/mol. The molecule has 1 atom stereocenters. The molecule has 2 aromatic carbocycles. The topological polar surface area (TPSA) is 68.8 Å². The van der Waals surface area contributed by atoms with Crippen molar-refractivity contribution in [3.05, 3.63) is 65.2 Å². The van der Waals surface area contributed by atoms with E-state index >= 15 is 0 Å². The van der Waals surface area contributed by atoms with Crippen molar-refractivity contribution in [1.29, 1.82) is 0 Å². The Bertz CT molecular complexity index is 899. The predicted octanol–water partition coefficient (Wildman–Crippen LogP) is 3.94. The summed E-state index contributed by atoms with van der Waals surface area (Å²) in [5.41, 5.74) is 4.65. The van der Waals surface area contributed by atoms with E-state index < -0.39 is 0 Å². The zero-order valence-corrected chi connectivity index (χ0v) is 21.1. The van der Waals surface area contributed by atoms with Crippen molar-refractivity contribution in [1.82, 2.24) is 15.5 Å². The number of para-hydroxylation sites is 1. The van der Waals surface area contributed by atoms with E-state index in [0.29, 0.717) is 25.6 Å². The van der Waals surface area contributed by atoms with Crippen LogP contribution in [0, 0.1) is 0 Å². The zero-order valence-electron chi connectivity index (χ0n) is 18.8. The molecule has 1 aliphatic rings. The molecule has 3 N–H and O–H groups in total. The molecule has 6 nitrogen and oxygen atoms in total. The fraction of sp³-hybridized carbons (Fsp3) is 0.417. The second kappa shape index (κ2) is 12.0. The van der Waals surface area contributed by atoms with Crippen LogP contribution >= 0.6 is 24.0 Å². The summed E-state index contributed by atoms with van der Waals surface area (Å²) in [4.78, 5) is 18.7. The number of hydrogen-bond acceptors (Lipinski definition) is 3. The van der Waals surface area contributed by atoms with Gasteiger partial charge < -0.3 is 16.0 Å². The third-order valence-electron chi connectivity index (χ3n) is 5.71. The molecule has 1 heterocycles. The number of aliphatic imine (C=N–C) groups is 1. The lowest BCUT2D eigenvalue weighted by atomic mass is 9.90. The second-order valence-electron chi connectivity index (χ2n) is 8.12. The first-order chi connectivity index (χ1) is 14.5. The summed E-state index contributed by atoms with van der Waals surface area (Å²) in [5, 5.41) is 9.77. The molecule has 0 aromatic heterocycles. The summed E-state index contributed by atoms with van der Waals surface area (Å²) < 4.78 is 0. The van der Waals surface area contributed by atoms with Crippen LogP contribution in [-0.4, -0.2) is 43.4 Å². The number of rotatable bonds is 7. The van der Waals surface area contributed by atoms with Gasteiger partial charge in [0.1, 0.15) is 0 Å². The molecule has 1 amide bonds. The highest BCUT2D eigenvalue weighted by molar-refractivity contribution is 14.0. The Morgan fingerprint density at radius 2 is 1.81 bits per heavy atom. The molecular weight excluding hydrogens is 501 g/mol. The fourth-order valence-corrected chi connectivity index (χ4v) is 3.64. The minimum absolute atomic E-state index is 0. The van der Waals surface area contributed by atoms with Gasteiger partial charge in [-0.3, -0.25) is 14.7 Å². The van der Waals surface area contributed by atoms with Crippen LogP contribution in [-0.2, 0) is 17.9 Å². The maximum Gasteiger partial charge on any atom is 0.225 e. The quantitative estimate of drug-likeness (QED) is 0.286. The number of anilines is 1. The van der Waals surface area contributed by atoms with Gasteiger partial charge in [-0.25, -0.2) is 0 Å². The van der Waals surface area contributed by atoms with Crippen LogP contribution < -0.4 is 16.0 Å². The van der Waals surface area contributed by atoms with E-state index in [9.17, 15) is 4.79 Å². The van der Waals surface area contributed by atoms with Crippen LogP contribution in [0.15, 0.2) is 53.5 Å². The molecule has 1 unspecified atom stereocenters. The van der Waals surface area contributed by atoms with Gasteiger partial charge in [-0.05, 0) is 43.7 Å². The van der Waals surface area contributed by atoms with E-state index in [1.165, 1.54) is 16.7 Å². The average molecular weight is 535 g/mol. The fourth-order valence-electron chi connectivity index (χ4n) is 3.64. The van der Waals surface area contributed by atoms with Gasteiger partial charge in [-0.15, -0.1) is 24.0 Å². The molecule has 7 heteroatoms. The van der Waals surface area contributed by atoms with Crippen molar-refractivity contribution in [3.8, 4) is 0 Å². The van der Waals surface area contributed by atoms with E-state index in [1.54, 1.807) is 7.05 Å². The minimum Gasteiger partial charge on any atom is -0.356 e. The third-order valence-corrected chi connectivity index (χ3v) is 5.71. The molecule has 2 aromatic rings. The largest absolute Gasteiger partial charge is 0.356 e. The molecule has 0 aliphatic carbocycles. The molecule has 1 aliphatic heterocycles. The van der Waals surface area contributed by atoms with Crippen molar-refractivity contribution in [2.45, 2.75) is 45.3 Å². The Morgan fingerprint density at radius 1 is 1.13 bits per heavy atom. The van der Waals surface area contributed by atoms with Gasteiger partial charge in [-0.2, -0.15) is 0 Å². The summed E-state index contributed by atoms with van der Waals surface area (Å²) >= 11 is 0. The Kier molecular flexibility index (Phi) is 9.77. The molecule has 0 fully saturated rings. The smallest absolute Gasteiger partial charge is 0.225 e. The van der Waals surface area contributed by atoms with Gasteiger partial charge in [0.25, 0.3) is 0 Å². The summed E-state index contributed by atoms with van der Waals surface area (Å²) in [6, 6.07) is 17.0. The molecule has 0 saturated carbocycles. The van der Waals surface area contributed by atoms with Crippen LogP contribution in [0.1, 0.15) is 42.9 Å². The van der Waals surface area contributed by atoms with Crippen LogP contribution in [0.3, 0.4) is 0 Å². The number of fused-ring (bicyclic) bond motifs is 1. The lowest BCUT2D eigenvalue weighted by Crippen LogP contribution is -2.40. The van der Waals surface area contributed by atoms with Gasteiger partial charge >= 0.3 is 0 Å². The molecule has 31 heavy (non-hydrogen) atoms. The Balaban J connectivity index is 0.00000341. The lowest BCUT2D eigenvalue weighted by molar-refractivity contribution is -0.116. The van der Waals surface area contributed by atoms with Crippen molar-refractivity contribution in [2.75, 3.05) is 26.0 Å². The highest BCUT2D eigenvalue weighted by Crippen LogP contribution is 2.31. The molecule has 0 spiro atoms. The summed E-state index contributed by atoms with van der Waals surface area (Å²) in [6.07, 6.45) is 0.478. The Labute approximate surface area is 202 Å². The first kappa shape index (κ1) is 25.1. The van der Waals surface area contributed by atoms with E-state index in [4.69, 9.17) is 0 Å². The normalized spacial score (nSPS) is 15.9. The number of carbonyl (C=O) groups excluding carboxylic acids is 1. The number of amides is 1. The van der Waals surface area contributed by atoms with Crippen molar-refractivity contribution >= 4 is 41.5 Å². The number of nitrogens with one attached hydrogen (secondary N) is 3. The van der Waals surface area contributed by atoms with E-state index in [0.717, 1.165) is 18.2 Å². The maximum atomic E-state index is 12.0. The summed E-state index contributed by atoms with van der Waals surface area (Å²) in [5.74, 6) is 0.928. The average Bonchev–Trinajstić information content (AvgIpc) is 2.74. The lowest BCUT2D eigenvalue weighted by Gasteiger charge is -2.26. The zero-order chi connectivity index (χ0) is 21.5. The number of carbonyl (C=O) groups is 1. The van der Waals surface area contributed by atoms with Crippen LogP contribution in [0.25, 0.3) is 0 Å². The van der Waals surface area contributed by atoms with E-state index in [-0.39, 0.29) is 35.8 Å². The molecule has 0 saturated heterocycles. The van der Waals surface area contributed by atoms with Gasteiger partial charge in [0.05, 0.1) is 0 Å². The molecule has 168 valence electrons. The van der Waals surface area contributed by atoms with Crippen LogP contribution in [0.5, 0.6) is 0 Å². The minimum atomic E-state index is 0. The molecule has 0 bridgehead atoms. The van der Waals surface area contributed by atoms with Gasteiger partial charge in [0, 0.05) is 50.7 Å². The summed E-state index contributed by atoms with van der Waals surface area (Å²) in [6.45, 7) is 6.67. The van der Waals surface area contributed by atoms with Crippen molar-refractivity contribution in [3.63, 3.8) is 0 Å². The number of nitrogens with zero attached hydrogens (tertiary/aromatic N) is 2. The second-order valence-corrected chi connectivity index (χ2v) is 8.12. The third kappa shape index (κ3) is 6.93. The van der Waals surface area contributed by atoms with E-state index in [1.807, 2.05) is 18.2 Å². The monoisotopic (exact) mass is 535 g/mol. The van der Waals surface area contributed by atoms with Crippen LogP contribution in [0.2, 0.25) is 0 Å². The standard InChI is InChI=1S/C24H33N5O.HI/c1-17(2)29(4)16-19-10-6-5-9-18(19)14-26-24(25-3)27-15-20-13-23(30)28-22-12-8-7-11-21(20)22;/h5-12,17,20H,13-16H2,1-4H3,(H,28,30)(H2,25,26,27);1H. The highest BCUT2D eigenvalue weighted by atomic mass is 127. The van der Waals surface area contributed by atoms with Crippen molar-refractivity contribution < 1.29 is 4.79 Å². The first-order valence-corrected chi connectivity index (χ1v) is 10.6. The highest BCUT2D eigenvalue weighted by Gasteiger charge is 2.24. The van der Waals surface area contributed by atoms with Crippen LogP contribution in [0.4, 0.5) is 5.69 Å². The molecule has 3 rings (SSSR count). The first-order valence-electron chi connectivity index (χ1n) is 10.6. The number of guanidine groups is 1. The Morgan fingerprint density at radius 3 is 2.52 bits per heavy atom. The Hall–Kier alpha value is -2.13. The SMILES string of the molecule is CN=C(NCc1ccccc1CN(C)C(C)C)NCC1CC(=O)Nc2ccccc21.I. The number of benzene rings is 2. The van der Waals surface area contributed by atoms with Gasteiger partial charge in [-0.1, -0.05) is 42.5 Å². The maximum absolute atomic E-state index is 12.0. The van der Waals surface area contributed by atoms with Gasteiger partial charge in [0.15, 0.2) is 5.96 Å².